The molecule has 0 aliphatic heterocycles. The van der Waals surface area contributed by atoms with E-state index in [0.717, 1.165) is 42.8 Å². The van der Waals surface area contributed by atoms with Crippen LogP contribution in [0.2, 0.25) is 0 Å². The first kappa shape index (κ1) is 18.6. The van der Waals surface area contributed by atoms with Crippen molar-refractivity contribution in [1.29, 1.82) is 0 Å². The molecule has 4 fully saturated rings. The van der Waals surface area contributed by atoms with Gasteiger partial charge in [0.2, 0.25) is 11.8 Å². The van der Waals surface area contributed by atoms with Gasteiger partial charge in [-0.15, -0.1) is 0 Å². The monoisotopic (exact) mass is 372 g/mol. The minimum absolute atomic E-state index is 0.0616. The van der Waals surface area contributed by atoms with Crippen LogP contribution in [0.3, 0.4) is 0 Å². The van der Waals surface area contributed by atoms with E-state index in [1.807, 2.05) is 26.0 Å². The van der Waals surface area contributed by atoms with Gasteiger partial charge >= 0.3 is 0 Å². The van der Waals surface area contributed by atoms with Gasteiger partial charge in [-0.2, -0.15) is 0 Å². The maximum Gasteiger partial charge on any atom is 0.242 e. The number of furan rings is 1. The fraction of sp³-hybridized carbons (Fsp3) is 0.727. The smallest absolute Gasteiger partial charge is 0.242 e. The molecule has 1 aromatic rings. The molecule has 4 saturated carbocycles. The highest BCUT2D eigenvalue weighted by Crippen LogP contribution is 2.60. The molecule has 4 aliphatic rings. The highest BCUT2D eigenvalue weighted by molar-refractivity contribution is 5.90. The molecule has 0 saturated heterocycles. The highest BCUT2D eigenvalue weighted by atomic mass is 16.3. The molecule has 5 rings (SSSR count). The SMILES string of the molecule is CC(C)[C@@H](NC(=O)C12CC3CC(CC(C3)C1)C2)C(=O)NCCc1ccco1. The number of amides is 2. The first-order valence-corrected chi connectivity index (χ1v) is 10.6. The average molecular weight is 373 g/mol. The minimum atomic E-state index is -0.470. The maximum atomic E-state index is 13.3. The second-order valence-electron chi connectivity index (χ2n) is 9.51. The summed E-state index contributed by atoms with van der Waals surface area (Å²) in [5, 5.41) is 6.11. The van der Waals surface area contributed by atoms with E-state index >= 15 is 0 Å². The molecule has 5 heteroatoms. The van der Waals surface area contributed by atoms with Crippen molar-refractivity contribution in [2.75, 3.05) is 6.54 Å². The van der Waals surface area contributed by atoms with Crippen LogP contribution in [-0.4, -0.2) is 24.4 Å². The van der Waals surface area contributed by atoms with E-state index in [1.54, 1.807) is 6.26 Å². The molecule has 0 unspecified atom stereocenters. The van der Waals surface area contributed by atoms with Gasteiger partial charge in [-0.25, -0.2) is 0 Å². The van der Waals surface area contributed by atoms with Crippen LogP contribution in [0.15, 0.2) is 22.8 Å². The van der Waals surface area contributed by atoms with Gasteiger partial charge in [-0.1, -0.05) is 13.8 Å². The summed E-state index contributed by atoms with van der Waals surface area (Å²) in [6.45, 7) is 4.51. The predicted molar refractivity (Wildman–Crippen MR) is 103 cm³/mol. The molecular formula is C22H32N2O3. The Morgan fingerprint density at radius 2 is 1.78 bits per heavy atom. The van der Waals surface area contributed by atoms with Gasteiger partial charge in [0, 0.05) is 18.4 Å². The van der Waals surface area contributed by atoms with E-state index in [1.165, 1.54) is 19.3 Å². The summed E-state index contributed by atoms with van der Waals surface area (Å²) in [7, 11) is 0. The molecule has 4 aliphatic carbocycles. The van der Waals surface area contributed by atoms with E-state index in [0.29, 0.717) is 13.0 Å². The van der Waals surface area contributed by atoms with Crippen LogP contribution in [0.4, 0.5) is 0 Å². The Morgan fingerprint density at radius 1 is 1.15 bits per heavy atom. The number of rotatable bonds is 7. The zero-order valence-electron chi connectivity index (χ0n) is 16.5. The fourth-order valence-electron chi connectivity index (χ4n) is 6.09. The van der Waals surface area contributed by atoms with Gasteiger partial charge in [0.25, 0.3) is 0 Å². The topological polar surface area (TPSA) is 71.3 Å². The molecule has 148 valence electrons. The lowest BCUT2D eigenvalue weighted by Gasteiger charge is -2.55. The number of hydrogen-bond acceptors (Lipinski definition) is 3. The zero-order chi connectivity index (χ0) is 19.0. The molecule has 0 spiro atoms. The normalized spacial score (nSPS) is 32.5. The van der Waals surface area contributed by atoms with Gasteiger partial charge in [0.05, 0.1) is 6.26 Å². The molecule has 0 radical (unpaired) electrons. The Morgan fingerprint density at radius 3 is 2.30 bits per heavy atom. The van der Waals surface area contributed by atoms with Crippen molar-refractivity contribution >= 4 is 11.8 Å². The standard InChI is InChI=1S/C22H32N2O3/c1-14(2)19(20(25)23-6-5-18-4-3-7-27-18)24-21(26)22-11-15-8-16(12-22)10-17(9-15)13-22/h3-4,7,14-17,19H,5-6,8-13H2,1-2H3,(H,23,25)(H,24,26)/t15?,16?,17?,19-,22?/m1/s1. The van der Waals surface area contributed by atoms with E-state index < -0.39 is 6.04 Å². The molecule has 5 nitrogen and oxygen atoms in total. The Hall–Kier alpha value is -1.78. The number of hydrogen-bond donors (Lipinski definition) is 2. The Balaban J connectivity index is 1.36. The van der Waals surface area contributed by atoms with Crippen LogP contribution in [0.1, 0.15) is 58.1 Å². The predicted octanol–water partition coefficient (Wildman–Crippen LogP) is 3.30. The third-order valence-corrected chi connectivity index (χ3v) is 7.01. The lowest BCUT2D eigenvalue weighted by atomic mass is 9.49. The van der Waals surface area contributed by atoms with Crippen molar-refractivity contribution in [3.8, 4) is 0 Å². The molecule has 2 amide bonds. The van der Waals surface area contributed by atoms with Gasteiger partial charge < -0.3 is 15.1 Å². The fourth-order valence-corrected chi connectivity index (χ4v) is 6.09. The van der Waals surface area contributed by atoms with Gasteiger partial charge in [0.15, 0.2) is 0 Å². The second-order valence-corrected chi connectivity index (χ2v) is 9.51. The molecule has 27 heavy (non-hydrogen) atoms. The largest absolute Gasteiger partial charge is 0.469 e. The lowest BCUT2D eigenvalue weighted by molar-refractivity contribution is -0.149. The average Bonchev–Trinajstić information content (AvgIpc) is 3.11. The summed E-state index contributed by atoms with van der Waals surface area (Å²) in [5.41, 5.74) is -0.212. The van der Waals surface area contributed by atoms with Gasteiger partial charge in [0.1, 0.15) is 11.8 Å². The molecule has 1 atom stereocenters. The van der Waals surface area contributed by atoms with Crippen LogP contribution >= 0.6 is 0 Å². The number of nitrogens with one attached hydrogen (secondary N) is 2. The van der Waals surface area contributed by atoms with Crippen molar-refractivity contribution in [3.05, 3.63) is 24.2 Å². The summed E-state index contributed by atoms with van der Waals surface area (Å²) in [4.78, 5) is 26.0. The second kappa shape index (κ2) is 7.33. The van der Waals surface area contributed by atoms with E-state index in [4.69, 9.17) is 4.42 Å². The van der Waals surface area contributed by atoms with E-state index in [9.17, 15) is 9.59 Å². The van der Waals surface area contributed by atoms with Crippen molar-refractivity contribution in [3.63, 3.8) is 0 Å². The lowest BCUT2D eigenvalue weighted by Crippen LogP contribution is -2.58. The summed E-state index contributed by atoms with van der Waals surface area (Å²) >= 11 is 0. The van der Waals surface area contributed by atoms with Crippen LogP contribution < -0.4 is 10.6 Å². The molecule has 0 aromatic carbocycles. The highest BCUT2D eigenvalue weighted by Gasteiger charge is 2.55. The molecule has 4 bridgehead atoms. The Kier molecular flexibility index (Phi) is 5.04. The molecule has 1 heterocycles. The third-order valence-electron chi connectivity index (χ3n) is 7.01. The van der Waals surface area contributed by atoms with Crippen LogP contribution in [-0.2, 0) is 16.0 Å². The van der Waals surface area contributed by atoms with Crippen LogP contribution in [0, 0.1) is 29.1 Å². The third kappa shape index (κ3) is 3.78. The molecular weight excluding hydrogens is 340 g/mol. The number of carbonyl (C=O) groups is 2. The first-order valence-electron chi connectivity index (χ1n) is 10.6. The quantitative estimate of drug-likeness (QED) is 0.771. The van der Waals surface area contributed by atoms with E-state index in [-0.39, 0.29) is 23.1 Å². The Bertz CT molecular complexity index is 644. The van der Waals surface area contributed by atoms with Crippen molar-refractivity contribution < 1.29 is 14.0 Å². The summed E-state index contributed by atoms with van der Waals surface area (Å²) in [6, 6.07) is 3.28. The van der Waals surface area contributed by atoms with E-state index in [2.05, 4.69) is 10.6 Å². The van der Waals surface area contributed by atoms with Crippen LogP contribution in [0.5, 0.6) is 0 Å². The van der Waals surface area contributed by atoms with Gasteiger partial charge in [-0.05, 0) is 74.3 Å². The summed E-state index contributed by atoms with van der Waals surface area (Å²) in [6.07, 6.45) is 9.31. The van der Waals surface area contributed by atoms with Crippen LogP contribution in [0.25, 0.3) is 0 Å². The first-order chi connectivity index (χ1) is 12.9. The minimum Gasteiger partial charge on any atom is -0.469 e. The molecule has 1 aromatic heterocycles. The summed E-state index contributed by atoms with van der Waals surface area (Å²) in [5.74, 6) is 3.13. The van der Waals surface area contributed by atoms with Crippen molar-refractivity contribution in [1.82, 2.24) is 10.6 Å². The maximum absolute atomic E-state index is 13.3. The zero-order valence-corrected chi connectivity index (χ0v) is 16.5. The Labute approximate surface area is 161 Å². The van der Waals surface area contributed by atoms with Gasteiger partial charge in [-0.3, -0.25) is 9.59 Å². The van der Waals surface area contributed by atoms with Crippen molar-refractivity contribution in [2.45, 2.75) is 64.8 Å². The molecule has 2 N–H and O–H groups in total. The summed E-state index contributed by atoms with van der Waals surface area (Å²) < 4.78 is 5.30. The van der Waals surface area contributed by atoms with Crippen molar-refractivity contribution in [2.24, 2.45) is 29.1 Å². The number of carbonyl (C=O) groups excluding carboxylic acids is 2.